The van der Waals surface area contributed by atoms with Crippen molar-refractivity contribution in [2.75, 3.05) is 7.11 Å². The summed E-state index contributed by atoms with van der Waals surface area (Å²) >= 11 is 0. The van der Waals surface area contributed by atoms with Gasteiger partial charge in [0.05, 0.1) is 13.0 Å². The van der Waals surface area contributed by atoms with Gasteiger partial charge in [0, 0.05) is 0 Å². The van der Waals surface area contributed by atoms with Crippen LogP contribution in [0.5, 0.6) is 0 Å². The van der Waals surface area contributed by atoms with E-state index in [0.29, 0.717) is 0 Å². The van der Waals surface area contributed by atoms with Crippen molar-refractivity contribution in [2.45, 2.75) is 59.3 Å². The molecule has 2 nitrogen and oxygen atoms in total. The summed E-state index contributed by atoms with van der Waals surface area (Å²) in [6.07, 6.45) is 7.15. The molecule has 1 rings (SSSR count). The van der Waals surface area contributed by atoms with Crippen LogP contribution in [-0.2, 0) is 9.53 Å². The SMILES string of the molecule is COC(=O)C1CCC(C(C)CCC(C)C)CC1. The molecular weight excluding hydrogens is 212 g/mol. The van der Waals surface area contributed by atoms with Crippen molar-refractivity contribution >= 4 is 5.97 Å². The van der Waals surface area contributed by atoms with Crippen LogP contribution in [0.4, 0.5) is 0 Å². The lowest BCUT2D eigenvalue weighted by Gasteiger charge is -2.31. The Kier molecular flexibility index (Phi) is 6.01. The summed E-state index contributed by atoms with van der Waals surface area (Å²) in [5.41, 5.74) is 0. The second-order valence-electron chi connectivity index (χ2n) is 6.08. The Hall–Kier alpha value is -0.530. The molecule has 0 N–H and O–H groups in total. The van der Waals surface area contributed by atoms with E-state index in [1.165, 1.54) is 32.8 Å². The second-order valence-corrected chi connectivity index (χ2v) is 6.08. The van der Waals surface area contributed by atoms with Crippen LogP contribution < -0.4 is 0 Å². The first kappa shape index (κ1) is 14.5. The van der Waals surface area contributed by atoms with E-state index in [9.17, 15) is 4.79 Å². The molecule has 2 heteroatoms. The van der Waals surface area contributed by atoms with E-state index in [2.05, 4.69) is 20.8 Å². The van der Waals surface area contributed by atoms with E-state index >= 15 is 0 Å². The van der Waals surface area contributed by atoms with Crippen molar-refractivity contribution in [3.05, 3.63) is 0 Å². The summed E-state index contributed by atoms with van der Waals surface area (Å²) in [5.74, 6) is 2.63. The fourth-order valence-corrected chi connectivity index (χ4v) is 2.92. The fraction of sp³-hybridized carbons (Fsp3) is 0.933. The van der Waals surface area contributed by atoms with Gasteiger partial charge in [-0.2, -0.15) is 0 Å². The van der Waals surface area contributed by atoms with Crippen molar-refractivity contribution in [1.82, 2.24) is 0 Å². The second kappa shape index (κ2) is 7.03. The molecule has 0 radical (unpaired) electrons. The van der Waals surface area contributed by atoms with E-state index < -0.39 is 0 Å². The maximum absolute atomic E-state index is 11.4. The number of esters is 1. The summed E-state index contributed by atoms with van der Waals surface area (Å²) in [5, 5.41) is 0. The van der Waals surface area contributed by atoms with Gasteiger partial charge in [0.2, 0.25) is 0 Å². The molecule has 0 aromatic heterocycles. The summed E-state index contributed by atoms with van der Waals surface area (Å²) in [7, 11) is 1.50. The first-order valence-electron chi connectivity index (χ1n) is 7.12. The smallest absolute Gasteiger partial charge is 0.308 e. The van der Waals surface area contributed by atoms with Gasteiger partial charge in [-0.15, -0.1) is 0 Å². The van der Waals surface area contributed by atoms with Crippen molar-refractivity contribution in [2.24, 2.45) is 23.7 Å². The van der Waals surface area contributed by atoms with Gasteiger partial charge in [-0.25, -0.2) is 0 Å². The van der Waals surface area contributed by atoms with Gasteiger partial charge in [-0.3, -0.25) is 4.79 Å². The van der Waals surface area contributed by atoms with E-state index in [1.807, 2.05) is 0 Å². The van der Waals surface area contributed by atoms with Crippen molar-refractivity contribution in [1.29, 1.82) is 0 Å². The maximum Gasteiger partial charge on any atom is 0.308 e. The Morgan fingerprint density at radius 2 is 1.71 bits per heavy atom. The minimum Gasteiger partial charge on any atom is -0.469 e. The van der Waals surface area contributed by atoms with Crippen LogP contribution in [-0.4, -0.2) is 13.1 Å². The molecule has 0 aliphatic heterocycles. The third-order valence-corrected chi connectivity index (χ3v) is 4.31. The molecule has 0 spiro atoms. The molecule has 1 aliphatic rings. The van der Waals surface area contributed by atoms with Gasteiger partial charge in [-0.1, -0.05) is 33.6 Å². The molecule has 1 fully saturated rings. The molecule has 0 aromatic carbocycles. The largest absolute Gasteiger partial charge is 0.469 e. The molecule has 0 amide bonds. The van der Waals surface area contributed by atoms with Crippen molar-refractivity contribution in [3.63, 3.8) is 0 Å². The van der Waals surface area contributed by atoms with Crippen LogP contribution in [0.1, 0.15) is 59.3 Å². The number of hydrogen-bond acceptors (Lipinski definition) is 2. The zero-order valence-electron chi connectivity index (χ0n) is 11.9. The first-order chi connectivity index (χ1) is 8.04. The predicted octanol–water partition coefficient (Wildman–Crippen LogP) is 4.04. The molecule has 1 atom stereocenters. The molecule has 100 valence electrons. The van der Waals surface area contributed by atoms with Gasteiger partial charge in [0.1, 0.15) is 0 Å². The van der Waals surface area contributed by atoms with Gasteiger partial charge >= 0.3 is 5.97 Å². The molecule has 17 heavy (non-hydrogen) atoms. The van der Waals surface area contributed by atoms with E-state index in [0.717, 1.165) is 30.6 Å². The fourth-order valence-electron chi connectivity index (χ4n) is 2.92. The Balaban J connectivity index is 2.28. The highest BCUT2D eigenvalue weighted by atomic mass is 16.5. The normalized spacial score (nSPS) is 26.9. The Morgan fingerprint density at radius 3 is 2.18 bits per heavy atom. The highest BCUT2D eigenvalue weighted by molar-refractivity contribution is 5.72. The van der Waals surface area contributed by atoms with Crippen LogP contribution in [0.3, 0.4) is 0 Å². The highest BCUT2D eigenvalue weighted by Crippen LogP contribution is 2.35. The topological polar surface area (TPSA) is 26.3 Å². The minimum atomic E-state index is -0.00159. The number of hydrogen-bond donors (Lipinski definition) is 0. The van der Waals surface area contributed by atoms with Gasteiger partial charge < -0.3 is 4.74 Å². The summed E-state index contributed by atoms with van der Waals surface area (Å²) in [4.78, 5) is 11.4. The third kappa shape index (κ3) is 4.69. The summed E-state index contributed by atoms with van der Waals surface area (Å²) < 4.78 is 4.83. The molecule has 1 unspecified atom stereocenters. The minimum absolute atomic E-state index is 0.00159. The third-order valence-electron chi connectivity index (χ3n) is 4.31. The Morgan fingerprint density at radius 1 is 1.12 bits per heavy atom. The van der Waals surface area contributed by atoms with Crippen LogP contribution in [0.15, 0.2) is 0 Å². The monoisotopic (exact) mass is 240 g/mol. The van der Waals surface area contributed by atoms with Gasteiger partial charge in [0.15, 0.2) is 0 Å². The Bertz CT molecular complexity index is 227. The van der Waals surface area contributed by atoms with E-state index in [1.54, 1.807) is 0 Å². The first-order valence-corrected chi connectivity index (χ1v) is 7.12. The van der Waals surface area contributed by atoms with E-state index in [4.69, 9.17) is 4.74 Å². The van der Waals surface area contributed by atoms with Crippen LogP contribution in [0.2, 0.25) is 0 Å². The van der Waals surface area contributed by atoms with E-state index in [-0.39, 0.29) is 11.9 Å². The Labute approximate surface area is 106 Å². The number of rotatable bonds is 5. The zero-order valence-corrected chi connectivity index (χ0v) is 11.9. The lowest BCUT2D eigenvalue weighted by atomic mass is 9.74. The van der Waals surface area contributed by atoms with Crippen LogP contribution >= 0.6 is 0 Å². The standard InChI is InChI=1S/C15H28O2/c1-11(2)5-6-12(3)13-7-9-14(10-8-13)15(16)17-4/h11-14H,5-10H2,1-4H3. The lowest BCUT2D eigenvalue weighted by molar-refractivity contribution is -0.147. The quantitative estimate of drug-likeness (QED) is 0.678. The molecule has 1 saturated carbocycles. The molecule has 0 saturated heterocycles. The predicted molar refractivity (Wildman–Crippen MR) is 70.7 cm³/mol. The molecule has 0 aromatic rings. The highest BCUT2D eigenvalue weighted by Gasteiger charge is 2.29. The molecular formula is C15H28O2. The molecule has 0 bridgehead atoms. The zero-order chi connectivity index (χ0) is 12.8. The van der Waals surface area contributed by atoms with Crippen LogP contribution in [0.25, 0.3) is 0 Å². The van der Waals surface area contributed by atoms with Crippen molar-refractivity contribution in [3.8, 4) is 0 Å². The van der Waals surface area contributed by atoms with Gasteiger partial charge in [0.25, 0.3) is 0 Å². The lowest BCUT2D eigenvalue weighted by Crippen LogP contribution is -2.25. The number of carbonyl (C=O) groups excluding carboxylic acids is 1. The summed E-state index contributed by atoms with van der Waals surface area (Å²) in [6.45, 7) is 6.97. The number of carbonyl (C=O) groups is 1. The maximum atomic E-state index is 11.4. The number of methoxy groups -OCH3 is 1. The molecule has 1 aliphatic carbocycles. The average Bonchev–Trinajstić information content (AvgIpc) is 2.35. The van der Waals surface area contributed by atoms with Crippen LogP contribution in [0, 0.1) is 23.7 Å². The van der Waals surface area contributed by atoms with Gasteiger partial charge in [-0.05, 0) is 43.4 Å². The summed E-state index contributed by atoms with van der Waals surface area (Å²) in [6, 6.07) is 0. The molecule has 0 heterocycles. The van der Waals surface area contributed by atoms with Crippen molar-refractivity contribution < 1.29 is 9.53 Å². The number of ether oxygens (including phenoxy) is 1. The average molecular weight is 240 g/mol.